The fourth-order valence-electron chi connectivity index (χ4n) is 11.9. The number of benzene rings is 6. The van der Waals surface area contributed by atoms with Crippen LogP contribution in [0.25, 0.3) is 11.1 Å². The number of rotatable bonds is 7. The van der Waals surface area contributed by atoms with Crippen molar-refractivity contribution < 1.29 is 0 Å². The summed E-state index contributed by atoms with van der Waals surface area (Å²) in [7, 11) is 0. The highest BCUT2D eigenvalue weighted by atomic mass is 15.2. The van der Waals surface area contributed by atoms with Crippen molar-refractivity contribution in [3.63, 3.8) is 0 Å². The van der Waals surface area contributed by atoms with Gasteiger partial charge < -0.3 is 9.80 Å². The minimum atomic E-state index is 1.31. The van der Waals surface area contributed by atoms with Crippen LogP contribution in [0, 0.1) is 194 Å². The maximum Gasteiger partial charge on any atom is 0.0526 e. The first-order valence-electron chi connectivity index (χ1n) is 24.6. The van der Waals surface area contributed by atoms with Gasteiger partial charge in [-0.15, -0.1) is 0 Å². The highest BCUT2D eigenvalue weighted by Crippen LogP contribution is 2.54. The summed E-state index contributed by atoms with van der Waals surface area (Å²) >= 11 is 0. The van der Waals surface area contributed by atoms with Crippen molar-refractivity contribution in [3.05, 3.63) is 156 Å². The largest absolute Gasteiger partial charge is 0.309 e. The van der Waals surface area contributed by atoms with E-state index in [9.17, 15) is 0 Å². The Bertz CT molecular complexity index is 2560. The van der Waals surface area contributed by atoms with E-state index in [1.54, 1.807) is 0 Å². The van der Waals surface area contributed by atoms with Crippen LogP contribution in [-0.2, 0) is 0 Å². The lowest BCUT2D eigenvalue weighted by Gasteiger charge is -2.39. The van der Waals surface area contributed by atoms with E-state index in [4.69, 9.17) is 0 Å². The zero-order valence-corrected chi connectivity index (χ0v) is 46.9. The van der Waals surface area contributed by atoms with Crippen molar-refractivity contribution in [2.45, 2.75) is 194 Å². The molecule has 0 atom stereocenters. The molecule has 350 valence electrons. The molecule has 0 aliphatic rings. The topological polar surface area (TPSA) is 6.48 Å². The molecule has 0 spiro atoms. The van der Waals surface area contributed by atoms with Crippen molar-refractivity contribution in [2.75, 3.05) is 9.80 Å². The van der Waals surface area contributed by atoms with E-state index >= 15 is 0 Å². The van der Waals surface area contributed by atoms with Crippen molar-refractivity contribution in [1.82, 2.24) is 0 Å². The van der Waals surface area contributed by atoms with Crippen molar-refractivity contribution in [1.29, 1.82) is 0 Å². The maximum atomic E-state index is 2.70. The normalized spacial score (nSPS) is 11.6. The van der Waals surface area contributed by atoms with Gasteiger partial charge in [0.1, 0.15) is 0 Å². The summed E-state index contributed by atoms with van der Waals surface area (Å²) in [5.74, 6) is 0. The van der Waals surface area contributed by atoms with E-state index in [0.29, 0.717) is 0 Å². The molecule has 0 amide bonds. The van der Waals surface area contributed by atoms with Crippen molar-refractivity contribution >= 4 is 34.1 Å². The molecule has 6 rings (SSSR count). The summed E-state index contributed by atoms with van der Waals surface area (Å²) in [6.45, 7) is 65.7. The molecule has 6 aromatic carbocycles. The molecule has 6 aromatic rings. The van der Waals surface area contributed by atoms with E-state index in [1.807, 2.05) is 0 Å². The lowest BCUT2D eigenvalue weighted by atomic mass is 9.80. The van der Waals surface area contributed by atoms with Gasteiger partial charge >= 0.3 is 0 Å². The zero-order chi connectivity index (χ0) is 49.9. The van der Waals surface area contributed by atoms with Gasteiger partial charge in [-0.25, -0.2) is 0 Å². The predicted molar refractivity (Wildman–Crippen MR) is 294 cm³/mol. The molecule has 0 aromatic heterocycles. The number of nitrogens with zero attached hydrogens (tertiary/aromatic N) is 2. The second-order valence-electron chi connectivity index (χ2n) is 21.0. The van der Waals surface area contributed by atoms with Crippen LogP contribution in [0.2, 0.25) is 0 Å². The molecular weight excluding hydrogens is 797 g/mol. The number of hydrogen-bond donors (Lipinski definition) is 0. The van der Waals surface area contributed by atoms with Gasteiger partial charge in [-0.3, -0.25) is 0 Å². The van der Waals surface area contributed by atoms with Crippen LogP contribution in [0.3, 0.4) is 0 Å². The van der Waals surface area contributed by atoms with Crippen LogP contribution < -0.4 is 9.80 Å². The van der Waals surface area contributed by atoms with Gasteiger partial charge in [0, 0.05) is 0 Å². The molecule has 2 nitrogen and oxygen atoms in total. The molecular formula is C64H84N2. The third-order valence-electron chi connectivity index (χ3n) is 18.6. The van der Waals surface area contributed by atoms with Gasteiger partial charge in [0.2, 0.25) is 0 Å². The first-order valence-corrected chi connectivity index (χ1v) is 24.6. The Morgan fingerprint density at radius 2 is 0.212 bits per heavy atom. The highest BCUT2D eigenvalue weighted by Gasteiger charge is 2.33. The van der Waals surface area contributed by atoms with Gasteiger partial charge in [0.25, 0.3) is 0 Å². The standard InChI is InChI=1S/C64H84N2/c1-29-33(5)45(17)59(46(18)34(29)6)65(60-47(19)35(7)30(2)36(8)48(60)20)63-53(25)41(13)57(42(14)54(63)26)58-43(15)55(27)64(56(28)44(58)16)66(61-49(21)37(9)31(3)38(10)50(61)22)62-51(23)39(11)32(4)40(12)52(62)24/h1-28H3. The Kier molecular flexibility index (Phi) is 13.4. The smallest absolute Gasteiger partial charge is 0.0526 e. The summed E-state index contributed by atoms with van der Waals surface area (Å²) < 4.78 is 0. The van der Waals surface area contributed by atoms with Crippen molar-refractivity contribution in [3.8, 4) is 11.1 Å². The second-order valence-corrected chi connectivity index (χ2v) is 21.0. The van der Waals surface area contributed by atoms with Crippen LogP contribution in [-0.4, -0.2) is 0 Å². The van der Waals surface area contributed by atoms with E-state index in [-0.39, 0.29) is 0 Å². The van der Waals surface area contributed by atoms with Crippen LogP contribution in [0.1, 0.15) is 156 Å². The van der Waals surface area contributed by atoms with Gasteiger partial charge in [-0.2, -0.15) is 0 Å². The Morgan fingerprint density at radius 1 is 0.121 bits per heavy atom. The van der Waals surface area contributed by atoms with E-state index in [2.05, 4.69) is 204 Å². The SMILES string of the molecule is Cc1c(C)c(C)c(N(c2c(C)c(C)c(C)c(C)c2C)c2c(C)c(C)c(-c3c(C)c(C)c(N(c4c(C)c(C)c(C)c(C)c4C)c4c(C)c(C)c(C)c(C)c4C)c(C)c3C)c(C)c2C)c(C)c1C. The summed E-state index contributed by atoms with van der Waals surface area (Å²) in [5.41, 5.74) is 48.9. The Morgan fingerprint density at radius 3 is 0.333 bits per heavy atom. The molecule has 66 heavy (non-hydrogen) atoms. The maximum absolute atomic E-state index is 2.70. The van der Waals surface area contributed by atoms with Crippen molar-refractivity contribution in [2.24, 2.45) is 0 Å². The van der Waals surface area contributed by atoms with Gasteiger partial charge in [-0.05, 0) is 361 Å². The molecule has 0 radical (unpaired) electrons. The lowest BCUT2D eigenvalue weighted by Crippen LogP contribution is -2.22. The summed E-state index contributed by atoms with van der Waals surface area (Å²) in [6.07, 6.45) is 0. The van der Waals surface area contributed by atoms with Gasteiger partial charge in [-0.1, -0.05) is 0 Å². The fourth-order valence-corrected chi connectivity index (χ4v) is 11.9. The second kappa shape index (κ2) is 17.5. The molecule has 0 heterocycles. The monoisotopic (exact) mass is 881 g/mol. The molecule has 0 saturated carbocycles. The van der Waals surface area contributed by atoms with E-state index < -0.39 is 0 Å². The van der Waals surface area contributed by atoms with Crippen LogP contribution in [0.15, 0.2) is 0 Å². The predicted octanol–water partition coefficient (Wildman–Crippen LogP) is 18.9. The van der Waals surface area contributed by atoms with Gasteiger partial charge in [0.05, 0.1) is 34.1 Å². The quantitative estimate of drug-likeness (QED) is 0.158. The molecule has 2 heteroatoms. The Labute approximate surface area is 402 Å². The molecule has 0 aliphatic heterocycles. The van der Waals surface area contributed by atoms with Crippen LogP contribution in [0.4, 0.5) is 34.1 Å². The summed E-state index contributed by atoms with van der Waals surface area (Å²) in [6, 6.07) is 0. The summed E-state index contributed by atoms with van der Waals surface area (Å²) in [4.78, 5) is 5.40. The highest BCUT2D eigenvalue weighted by molar-refractivity contribution is 5.96. The van der Waals surface area contributed by atoms with Gasteiger partial charge in [0.15, 0.2) is 0 Å². The molecule has 0 fully saturated rings. The minimum absolute atomic E-state index is 1.31. The number of hydrogen-bond acceptors (Lipinski definition) is 2. The average molecular weight is 881 g/mol. The Hall–Kier alpha value is -5.08. The Balaban J connectivity index is 1.77. The molecule has 0 aliphatic carbocycles. The third-order valence-corrected chi connectivity index (χ3v) is 18.6. The molecule has 0 unspecified atom stereocenters. The summed E-state index contributed by atoms with van der Waals surface area (Å²) in [5, 5.41) is 0. The average Bonchev–Trinajstić information content (AvgIpc) is 3.28. The zero-order valence-electron chi connectivity index (χ0n) is 46.9. The number of anilines is 6. The van der Waals surface area contributed by atoms with Crippen LogP contribution in [0.5, 0.6) is 0 Å². The molecule has 0 bridgehead atoms. The molecule has 0 saturated heterocycles. The van der Waals surface area contributed by atoms with Crippen LogP contribution >= 0.6 is 0 Å². The van der Waals surface area contributed by atoms with E-state index in [0.717, 1.165) is 0 Å². The lowest BCUT2D eigenvalue weighted by molar-refractivity contribution is 1.07. The fraction of sp³-hybridized carbons (Fsp3) is 0.438. The first-order chi connectivity index (χ1) is 30.5. The third kappa shape index (κ3) is 7.09. The molecule has 0 N–H and O–H groups in total. The van der Waals surface area contributed by atoms with E-state index in [1.165, 1.54) is 201 Å². The minimum Gasteiger partial charge on any atom is -0.309 e. The first kappa shape index (κ1) is 50.3.